The summed E-state index contributed by atoms with van der Waals surface area (Å²) in [5, 5.41) is -1.95. The topological polar surface area (TPSA) is 23.6 Å². The van der Waals surface area contributed by atoms with Crippen molar-refractivity contribution in [3.8, 4) is 0 Å². The molecule has 0 heterocycles. The van der Waals surface area contributed by atoms with E-state index in [4.69, 9.17) is 151 Å². The standard InChI is InChI=1S/C24H12Cl13N2O/c1-38(2)23-21(36)14(29)8(15(30)22(23)37)5(7-12(27)18(33)20(35)19(34)13(7)28)6-10(25)16(31)9(17(32)11(6)26)24(40)39(3)4/h1-4H3. The Kier molecular flexibility index (Phi) is 11.8. The van der Waals surface area contributed by atoms with Gasteiger partial charge in [0.2, 0.25) is 0 Å². The molecule has 0 aliphatic heterocycles. The van der Waals surface area contributed by atoms with Gasteiger partial charge in [0.1, 0.15) is 0 Å². The lowest BCUT2D eigenvalue weighted by Crippen LogP contribution is -2.23. The number of anilines is 1. The van der Waals surface area contributed by atoms with E-state index in [2.05, 4.69) is 0 Å². The highest BCUT2D eigenvalue weighted by Crippen LogP contribution is 2.58. The molecule has 0 saturated carbocycles. The Morgan fingerprint density at radius 1 is 0.400 bits per heavy atom. The van der Waals surface area contributed by atoms with Crippen LogP contribution in [-0.2, 0) is 0 Å². The van der Waals surface area contributed by atoms with Crippen LogP contribution in [0.4, 0.5) is 5.69 Å². The van der Waals surface area contributed by atoms with Gasteiger partial charge in [-0.2, -0.15) is 0 Å². The Hall–Kier alpha value is 0.700. The number of carbonyl (C=O) groups excluding carboxylic acids is 1. The van der Waals surface area contributed by atoms with Crippen molar-refractivity contribution >= 4 is 162 Å². The molecule has 215 valence electrons. The monoisotopic (exact) mass is 799 g/mol. The van der Waals surface area contributed by atoms with Gasteiger partial charge in [-0.1, -0.05) is 151 Å². The number of nitrogens with zero attached hydrogens (tertiary/aromatic N) is 2. The van der Waals surface area contributed by atoms with E-state index in [1.54, 1.807) is 19.0 Å². The number of rotatable bonds is 5. The Morgan fingerprint density at radius 3 is 0.950 bits per heavy atom. The molecule has 0 bridgehead atoms. The minimum absolute atomic E-state index is 0.0100. The lowest BCUT2D eigenvalue weighted by molar-refractivity contribution is 0.0828. The number of hydrogen-bond donors (Lipinski definition) is 0. The SMILES string of the molecule is CN(C)C(=O)c1c(Cl)c(Cl)c([C](c2c(Cl)c(Cl)c(Cl)c(Cl)c2Cl)c2c(Cl)c(Cl)c(N(C)C)c(Cl)c2Cl)c(Cl)c1Cl. The largest absolute Gasteiger partial charge is 0.375 e. The number of amides is 1. The molecule has 3 rings (SSSR count). The molecular weight excluding hydrogens is 793 g/mol. The first kappa shape index (κ1) is 35.2. The van der Waals surface area contributed by atoms with E-state index in [0.29, 0.717) is 5.69 Å². The molecule has 40 heavy (non-hydrogen) atoms. The van der Waals surface area contributed by atoms with E-state index in [9.17, 15) is 4.79 Å². The van der Waals surface area contributed by atoms with Gasteiger partial charge in [-0.3, -0.25) is 4.79 Å². The summed E-state index contributed by atoms with van der Waals surface area (Å²) < 4.78 is 0. The zero-order valence-corrected chi connectivity index (χ0v) is 30.0. The fourth-order valence-electron chi connectivity index (χ4n) is 3.69. The number of carbonyl (C=O) groups is 1. The molecule has 0 fully saturated rings. The third kappa shape index (κ3) is 5.88. The van der Waals surface area contributed by atoms with Gasteiger partial charge in [-0.05, 0) is 0 Å². The summed E-state index contributed by atoms with van der Waals surface area (Å²) in [4.78, 5) is 15.8. The maximum Gasteiger partial charge on any atom is 0.256 e. The molecule has 1 amide bonds. The summed E-state index contributed by atoms with van der Waals surface area (Å²) in [5.74, 6) is -0.625. The molecule has 1 radical (unpaired) electrons. The first-order valence-electron chi connectivity index (χ1n) is 10.4. The Morgan fingerprint density at radius 2 is 0.650 bits per heavy atom. The van der Waals surface area contributed by atoms with Crippen LogP contribution in [-0.4, -0.2) is 39.0 Å². The van der Waals surface area contributed by atoms with Crippen LogP contribution >= 0.6 is 151 Å². The van der Waals surface area contributed by atoms with Gasteiger partial charge in [0.15, 0.2) is 0 Å². The molecule has 3 aromatic rings. The molecule has 3 nitrogen and oxygen atoms in total. The molecule has 0 aliphatic rings. The highest BCUT2D eigenvalue weighted by atomic mass is 35.5. The predicted octanol–water partition coefficient (Wildman–Crippen LogP) is 13.0. The third-order valence-electron chi connectivity index (χ3n) is 5.53. The second kappa shape index (κ2) is 13.4. The summed E-state index contributed by atoms with van der Waals surface area (Å²) in [6.07, 6.45) is 0. The second-order valence-corrected chi connectivity index (χ2v) is 13.3. The van der Waals surface area contributed by atoms with Crippen LogP contribution in [0.3, 0.4) is 0 Å². The van der Waals surface area contributed by atoms with Gasteiger partial charge >= 0.3 is 0 Å². The maximum atomic E-state index is 12.9. The van der Waals surface area contributed by atoms with Crippen LogP contribution in [0.15, 0.2) is 0 Å². The summed E-state index contributed by atoms with van der Waals surface area (Å²) in [6, 6.07) is 0. The van der Waals surface area contributed by atoms with Crippen molar-refractivity contribution in [2.75, 3.05) is 33.1 Å². The molecule has 16 heteroatoms. The van der Waals surface area contributed by atoms with Crippen molar-refractivity contribution in [2.24, 2.45) is 0 Å². The highest BCUT2D eigenvalue weighted by Gasteiger charge is 2.39. The number of hydrogen-bond acceptors (Lipinski definition) is 2. The first-order valence-corrected chi connectivity index (χ1v) is 15.3. The van der Waals surface area contributed by atoms with Gasteiger partial charge in [-0.25, -0.2) is 0 Å². The summed E-state index contributed by atoms with van der Waals surface area (Å²) in [7, 11) is 6.36. The summed E-state index contributed by atoms with van der Waals surface area (Å²) in [6.45, 7) is 0. The smallest absolute Gasteiger partial charge is 0.256 e. The van der Waals surface area contributed by atoms with Crippen molar-refractivity contribution in [3.05, 3.63) is 93.5 Å². The van der Waals surface area contributed by atoms with Crippen LogP contribution in [0.2, 0.25) is 65.3 Å². The number of benzene rings is 3. The van der Waals surface area contributed by atoms with Gasteiger partial charge in [-0.15, -0.1) is 0 Å². The predicted molar refractivity (Wildman–Crippen MR) is 177 cm³/mol. The van der Waals surface area contributed by atoms with Crippen molar-refractivity contribution in [1.29, 1.82) is 0 Å². The highest BCUT2D eigenvalue weighted by molar-refractivity contribution is 6.57. The molecule has 0 spiro atoms. The average molecular weight is 805 g/mol. The zero-order chi connectivity index (χ0) is 30.7. The zero-order valence-electron chi connectivity index (χ0n) is 20.2. The molecule has 0 N–H and O–H groups in total. The quantitative estimate of drug-likeness (QED) is 0.146. The van der Waals surface area contributed by atoms with E-state index in [-0.39, 0.29) is 93.5 Å². The average Bonchev–Trinajstić information content (AvgIpc) is 2.88. The lowest BCUT2D eigenvalue weighted by Gasteiger charge is -2.29. The van der Waals surface area contributed by atoms with Gasteiger partial charge < -0.3 is 9.80 Å². The molecular formula is C24H12Cl13N2O. The normalized spacial score (nSPS) is 11.4. The van der Waals surface area contributed by atoms with E-state index >= 15 is 0 Å². The van der Waals surface area contributed by atoms with Crippen LogP contribution < -0.4 is 4.90 Å². The summed E-state index contributed by atoms with van der Waals surface area (Å²) in [5.41, 5.74) is -0.0119. The molecule has 0 saturated heterocycles. The van der Waals surface area contributed by atoms with E-state index < -0.39 is 5.91 Å². The van der Waals surface area contributed by atoms with E-state index in [1.807, 2.05) is 0 Å². The molecule has 0 aliphatic carbocycles. The Labute approximate surface area is 295 Å². The van der Waals surface area contributed by atoms with Gasteiger partial charge in [0, 0.05) is 44.9 Å². The maximum absolute atomic E-state index is 12.9. The van der Waals surface area contributed by atoms with Crippen LogP contribution in [0.5, 0.6) is 0 Å². The Bertz CT molecular complexity index is 1480. The van der Waals surface area contributed by atoms with Crippen molar-refractivity contribution < 1.29 is 4.79 Å². The van der Waals surface area contributed by atoms with E-state index in [1.165, 1.54) is 19.0 Å². The molecule has 0 atom stereocenters. The molecule has 3 aromatic carbocycles. The molecule has 0 unspecified atom stereocenters. The van der Waals surface area contributed by atoms with Crippen LogP contribution in [0.1, 0.15) is 27.0 Å². The van der Waals surface area contributed by atoms with Crippen LogP contribution in [0.25, 0.3) is 0 Å². The van der Waals surface area contributed by atoms with Gasteiger partial charge in [0.05, 0.1) is 82.5 Å². The second-order valence-electron chi connectivity index (χ2n) is 8.40. The fraction of sp³-hybridized carbons (Fsp3) is 0.167. The third-order valence-corrected chi connectivity index (χ3v) is 11.2. The lowest BCUT2D eigenvalue weighted by atomic mass is 9.83. The van der Waals surface area contributed by atoms with Crippen molar-refractivity contribution in [2.45, 2.75) is 0 Å². The number of halogens is 13. The first-order chi connectivity index (χ1) is 18.4. The van der Waals surface area contributed by atoms with Crippen molar-refractivity contribution in [3.63, 3.8) is 0 Å². The van der Waals surface area contributed by atoms with Gasteiger partial charge in [0.25, 0.3) is 5.91 Å². The van der Waals surface area contributed by atoms with E-state index in [0.717, 1.165) is 0 Å². The minimum atomic E-state index is -0.571. The molecule has 0 aromatic heterocycles. The Balaban J connectivity index is 2.68. The fourth-order valence-corrected chi connectivity index (χ4v) is 7.59. The summed E-state index contributed by atoms with van der Waals surface area (Å²) >= 11 is 86.2. The van der Waals surface area contributed by atoms with Crippen molar-refractivity contribution in [1.82, 2.24) is 4.90 Å². The van der Waals surface area contributed by atoms with Crippen LogP contribution in [0, 0.1) is 5.92 Å². The minimum Gasteiger partial charge on any atom is -0.375 e.